The van der Waals surface area contributed by atoms with Gasteiger partial charge in [0.1, 0.15) is 5.82 Å². The third-order valence-electron chi connectivity index (χ3n) is 2.76. The number of pyridine rings is 1. The first-order chi connectivity index (χ1) is 6.84. The lowest BCUT2D eigenvalue weighted by Gasteiger charge is -2.20. The third kappa shape index (κ3) is 1.04. The van der Waals surface area contributed by atoms with Crippen LogP contribution in [0.25, 0.3) is 11.2 Å². The molecule has 2 N–H and O–H groups in total. The van der Waals surface area contributed by atoms with Gasteiger partial charge in [0.2, 0.25) is 0 Å². The lowest BCUT2D eigenvalue weighted by Crippen LogP contribution is -2.31. The van der Waals surface area contributed by atoms with Crippen molar-refractivity contribution in [2.45, 2.75) is 25.4 Å². The molecule has 72 valence electrons. The SMILES string of the molecule is NC1CCc2nc3ncccc3n2C1. The van der Waals surface area contributed by atoms with Gasteiger partial charge in [-0.25, -0.2) is 9.97 Å². The number of rotatable bonds is 0. The highest BCUT2D eigenvalue weighted by atomic mass is 15.1. The minimum Gasteiger partial charge on any atom is -0.326 e. The fourth-order valence-electron chi connectivity index (χ4n) is 2.04. The number of nitrogens with two attached hydrogens (primary N) is 1. The Balaban J connectivity index is 2.25. The summed E-state index contributed by atoms with van der Waals surface area (Å²) in [5.41, 5.74) is 7.88. The van der Waals surface area contributed by atoms with Crippen LogP contribution in [0, 0.1) is 0 Å². The second-order valence-corrected chi connectivity index (χ2v) is 3.78. The van der Waals surface area contributed by atoms with Gasteiger partial charge in [-0.1, -0.05) is 0 Å². The Morgan fingerprint density at radius 2 is 2.43 bits per heavy atom. The monoisotopic (exact) mass is 188 g/mol. The smallest absolute Gasteiger partial charge is 0.177 e. The first-order valence-electron chi connectivity index (χ1n) is 4.90. The third-order valence-corrected chi connectivity index (χ3v) is 2.76. The molecule has 3 rings (SSSR count). The van der Waals surface area contributed by atoms with Crippen molar-refractivity contribution >= 4 is 11.2 Å². The summed E-state index contributed by atoms with van der Waals surface area (Å²) in [4.78, 5) is 8.72. The fourth-order valence-corrected chi connectivity index (χ4v) is 2.04. The normalized spacial score (nSPS) is 21.1. The van der Waals surface area contributed by atoms with Gasteiger partial charge in [0, 0.05) is 25.2 Å². The Morgan fingerprint density at radius 3 is 3.36 bits per heavy atom. The van der Waals surface area contributed by atoms with E-state index in [1.165, 1.54) is 0 Å². The zero-order chi connectivity index (χ0) is 9.54. The zero-order valence-corrected chi connectivity index (χ0v) is 7.85. The molecule has 2 aromatic heterocycles. The van der Waals surface area contributed by atoms with Crippen LogP contribution in [0.1, 0.15) is 12.2 Å². The van der Waals surface area contributed by atoms with Gasteiger partial charge in [0.05, 0.1) is 5.52 Å². The van der Waals surface area contributed by atoms with Crippen LogP contribution in [-0.2, 0) is 13.0 Å². The number of fused-ring (bicyclic) bond motifs is 3. The zero-order valence-electron chi connectivity index (χ0n) is 7.85. The van der Waals surface area contributed by atoms with Crippen molar-refractivity contribution in [3.8, 4) is 0 Å². The topological polar surface area (TPSA) is 56.7 Å². The number of nitrogens with zero attached hydrogens (tertiary/aromatic N) is 3. The molecule has 3 heterocycles. The maximum absolute atomic E-state index is 5.93. The number of imidazole rings is 1. The predicted octanol–water partition coefficient (Wildman–Crippen LogP) is 0.705. The van der Waals surface area contributed by atoms with E-state index < -0.39 is 0 Å². The predicted molar refractivity (Wildman–Crippen MR) is 53.8 cm³/mol. The molecule has 4 nitrogen and oxygen atoms in total. The van der Waals surface area contributed by atoms with Crippen LogP contribution in [0.15, 0.2) is 18.3 Å². The molecule has 0 fully saturated rings. The molecule has 0 amide bonds. The van der Waals surface area contributed by atoms with Crippen molar-refractivity contribution in [2.24, 2.45) is 5.73 Å². The molecule has 0 spiro atoms. The molecule has 0 bridgehead atoms. The summed E-state index contributed by atoms with van der Waals surface area (Å²) in [5.74, 6) is 1.13. The second kappa shape index (κ2) is 2.78. The molecule has 1 aliphatic heterocycles. The summed E-state index contributed by atoms with van der Waals surface area (Å²) in [6.07, 6.45) is 3.78. The molecular formula is C10H12N4. The van der Waals surface area contributed by atoms with Crippen molar-refractivity contribution in [1.82, 2.24) is 14.5 Å². The maximum Gasteiger partial charge on any atom is 0.177 e. The van der Waals surface area contributed by atoms with Crippen LogP contribution in [0.2, 0.25) is 0 Å². The van der Waals surface area contributed by atoms with Gasteiger partial charge >= 0.3 is 0 Å². The average Bonchev–Trinajstić information content (AvgIpc) is 2.56. The Morgan fingerprint density at radius 1 is 1.50 bits per heavy atom. The highest BCUT2D eigenvalue weighted by Crippen LogP contribution is 2.19. The minimum atomic E-state index is 0.264. The van der Waals surface area contributed by atoms with E-state index >= 15 is 0 Å². The van der Waals surface area contributed by atoms with E-state index in [9.17, 15) is 0 Å². The van der Waals surface area contributed by atoms with E-state index in [1.54, 1.807) is 6.20 Å². The summed E-state index contributed by atoms with van der Waals surface area (Å²) in [6.45, 7) is 0.873. The second-order valence-electron chi connectivity index (χ2n) is 3.78. The van der Waals surface area contributed by atoms with Gasteiger partial charge in [0.25, 0.3) is 0 Å². The molecule has 1 unspecified atom stereocenters. The molecule has 2 aromatic rings. The Hall–Kier alpha value is -1.42. The first-order valence-corrected chi connectivity index (χ1v) is 4.90. The van der Waals surface area contributed by atoms with Crippen LogP contribution in [0.3, 0.4) is 0 Å². The number of aryl methyl sites for hydroxylation is 1. The minimum absolute atomic E-state index is 0.264. The Bertz CT molecular complexity index is 474. The molecular weight excluding hydrogens is 176 g/mol. The molecule has 0 aliphatic carbocycles. The van der Waals surface area contributed by atoms with E-state index in [1.807, 2.05) is 6.07 Å². The highest BCUT2D eigenvalue weighted by molar-refractivity contribution is 5.71. The highest BCUT2D eigenvalue weighted by Gasteiger charge is 2.18. The largest absolute Gasteiger partial charge is 0.326 e. The molecule has 0 aromatic carbocycles. The van der Waals surface area contributed by atoms with Crippen molar-refractivity contribution < 1.29 is 0 Å². The summed E-state index contributed by atoms with van der Waals surface area (Å²) >= 11 is 0. The lowest BCUT2D eigenvalue weighted by molar-refractivity contribution is 0.461. The maximum atomic E-state index is 5.93. The summed E-state index contributed by atoms with van der Waals surface area (Å²) in [7, 11) is 0. The van der Waals surface area contributed by atoms with E-state index in [0.717, 1.165) is 36.4 Å². The van der Waals surface area contributed by atoms with Crippen LogP contribution in [0.4, 0.5) is 0 Å². The van der Waals surface area contributed by atoms with Crippen LogP contribution in [-0.4, -0.2) is 20.6 Å². The molecule has 1 aliphatic rings. The molecule has 0 saturated heterocycles. The van der Waals surface area contributed by atoms with Gasteiger partial charge in [-0.2, -0.15) is 0 Å². The first kappa shape index (κ1) is 7.94. The van der Waals surface area contributed by atoms with Gasteiger partial charge in [0.15, 0.2) is 5.65 Å². The van der Waals surface area contributed by atoms with Crippen LogP contribution >= 0.6 is 0 Å². The lowest BCUT2D eigenvalue weighted by atomic mass is 10.1. The number of hydrogen-bond donors (Lipinski definition) is 1. The van der Waals surface area contributed by atoms with Crippen molar-refractivity contribution in [2.75, 3.05) is 0 Å². The molecule has 14 heavy (non-hydrogen) atoms. The van der Waals surface area contributed by atoms with Crippen molar-refractivity contribution in [3.05, 3.63) is 24.2 Å². The van der Waals surface area contributed by atoms with E-state index in [4.69, 9.17) is 5.73 Å². The standard InChI is InChI=1S/C10H12N4/c11-7-3-4-9-13-10-8(14(9)6-7)2-1-5-12-10/h1-2,5,7H,3-4,6,11H2. The number of hydrogen-bond acceptors (Lipinski definition) is 3. The molecule has 0 radical (unpaired) electrons. The summed E-state index contributed by atoms with van der Waals surface area (Å²) in [5, 5.41) is 0. The molecule has 0 saturated carbocycles. The van der Waals surface area contributed by atoms with Gasteiger partial charge < -0.3 is 10.3 Å². The van der Waals surface area contributed by atoms with Crippen molar-refractivity contribution in [1.29, 1.82) is 0 Å². The van der Waals surface area contributed by atoms with Gasteiger partial charge in [-0.05, 0) is 18.6 Å². The van der Waals surface area contributed by atoms with Gasteiger partial charge in [-0.15, -0.1) is 0 Å². The quantitative estimate of drug-likeness (QED) is 0.662. The van der Waals surface area contributed by atoms with Crippen LogP contribution < -0.4 is 5.73 Å². The fraction of sp³-hybridized carbons (Fsp3) is 0.400. The van der Waals surface area contributed by atoms with E-state index in [2.05, 4.69) is 20.6 Å². The summed E-state index contributed by atoms with van der Waals surface area (Å²) < 4.78 is 2.19. The van der Waals surface area contributed by atoms with Crippen molar-refractivity contribution in [3.63, 3.8) is 0 Å². The molecule has 1 atom stereocenters. The summed E-state index contributed by atoms with van der Waals surface area (Å²) in [6, 6.07) is 4.26. The Labute approximate surface area is 81.8 Å². The van der Waals surface area contributed by atoms with Crippen LogP contribution in [0.5, 0.6) is 0 Å². The number of aromatic nitrogens is 3. The Kier molecular flexibility index (Phi) is 1.58. The van der Waals surface area contributed by atoms with E-state index in [0.29, 0.717) is 0 Å². The van der Waals surface area contributed by atoms with Gasteiger partial charge in [-0.3, -0.25) is 0 Å². The molecule has 4 heteroatoms. The average molecular weight is 188 g/mol. The van der Waals surface area contributed by atoms with E-state index in [-0.39, 0.29) is 6.04 Å².